The van der Waals surface area contributed by atoms with Crippen molar-refractivity contribution in [3.8, 4) is 0 Å². The van der Waals surface area contributed by atoms with E-state index >= 15 is 0 Å². The molecule has 0 unspecified atom stereocenters. The van der Waals surface area contributed by atoms with Crippen molar-refractivity contribution < 1.29 is 19.4 Å². The Labute approximate surface area is 111 Å². The van der Waals surface area contributed by atoms with Crippen LogP contribution in [0.1, 0.15) is 35.7 Å². The average molecular weight is 263 g/mol. The summed E-state index contributed by atoms with van der Waals surface area (Å²) in [5, 5.41) is 11.6. The molecule has 5 heteroatoms. The fourth-order valence-electron chi connectivity index (χ4n) is 2.09. The molecule has 0 aliphatic carbocycles. The highest BCUT2D eigenvalue weighted by molar-refractivity contribution is 5.87. The Morgan fingerprint density at radius 2 is 2.05 bits per heavy atom. The third kappa shape index (κ3) is 3.12. The molecule has 0 aromatic heterocycles. The van der Waals surface area contributed by atoms with E-state index in [1.54, 1.807) is 19.1 Å². The molecule has 102 valence electrons. The van der Waals surface area contributed by atoms with Gasteiger partial charge < -0.3 is 15.2 Å². The van der Waals surface area contributed by atoms with Crippen LogP contribution < -0.4 is 5.32 Å². The summed E-state index contributed by atoms with van der Waals surface area (Å²) < 4.78 is 5.45. The summed E-state index contributed by atoms with van der Waals surface area (Å²) in [6, 6.07) is 6.44. The molecule has 2 rings (SSSR count). The van der Waals surface area contributed by atoms with E-state index in [1.165, 1.54) is 12.1 Å². The van der Waals surface area contributed by atoms with Crippen LogP contribution in [-0.4, -0.2) is 29.2 Å². The molecule has 1 amide bonds. The van der Waals surface area contributed by atoms with E-state index in [0.29, 0.717) is 13.2 Å². The Kier molecular flexibility index (Phi) is 3.85. The lowest BCUT2D eigenvalue weighted by Gasteiger charge is -2.21. The zero-order valence-corrected chi connectivity index (χ0v) is 10.8. The van der Waals surface area contributed by atoms with Gasteiger partial charge in [0, 0.05) is 13.2 Å². The number of carboxylic acid groups (broad SMARTS) is 1. The number of carbonyl (C=O) groups excluding carboxylic acids is 1. The molecule has 1 saturated heterocycles. The van der Waals surface area contributed by atoms with E-state index < -0.39 is 11.6 Å². The first kappa shape index (κ1) is 13.5. The van der Waals surface area contributed by atoms with Crippen LogP contribution in [0.4, 0.5) is 0 Å². The molecule has 0 bridgehead atoms. The number of rotatable bonds is 4. The largest absolute Gasteiger partial charge is 0.478 e. The van der Waals surface area contributed by atoms with Crippen molar-refractivity contribution in [2.24, 2.45) is 0 Å². The summed E-state index contributed by atoms with van der Waals surface area (Å²) in [7, 11) is 0. The summed E-state index contributed by atoms with van der Waals surface area (Å²) >= 11 is 0. The summed E-state index contributed by atoms with van der Waals surface area (Å²) in [5.74, 6) is -1.07. The second kappa shape index (κ2) is 5.40. The highest BCUT2D eigenvalue weighted by Gasteiger charge is 2.37. The number of hydrogen-bond acceptors (Lipinski definition) is 3. The number of ether oxygens (including phenoxy) is 1. The zero-order valence-electron chi connectivity index (χ0n) is 10.8. The monoisotopic (exact) mass is 263 g/mol. The van der Waals surface area contributed by atoms with E-state index in [2.05, 4.69) is 5.32 Å². The number of carboxylic acids is 1. The number of nitrogens with one attached hydrogen (secondary N) is 1. The van der Waals surface area contributed by atoms with Gasteiger partial charge in [-0.2, -0.15) is 0 Å². The fraction of sp³-hybridized carbons (Fsp3) is 0.429. The predicted molar refractivity (Wildman–Crippen MR) is 68.8 cm³/mol. The topological polar surface area (TPSA) is 75.6 Å². The van der Waals surface area contributed by atoms with Crippen molar-refractivity contribution in [3.63, 3.8) is 0 Å². The second-order valence-electron chi connectivity index (χ2n) is 4.87. The van der Waals surface area contributed by atoms with Crippen LogP contribution in [0.3, 0.4) is 0 Å². The maximum Gasteiger partial charge on any atom is 0.335 e. The van der Waals surface area contributed by atoms with Crippen LogP contribution in [0.5, 0.6) is 0 Å². The smallest absolute Gasteiger partial charge is 0.335 e. The van der Waals surface area contributed by atoms with Gasteiger partial charge in [-0.3, -0.25) is 4.79 Å². The van der Waals surface area contributed by atoms with E-state index in [4.69, 9.17) is 9.84 Å². The van der Waals surface area contributed by atoms with Crippen LogP contribution in [0.15, 0.2) is 24.3 Å². The molecule has 1 heterocycles. The first-order valence-corrected chi connectivity index (χ1v) is 6.26. The molecule has 1 aromatic rings. The van der Waals surface area contributed by atoms with Gasteiger partial charge in [-0.1, -0.05) is 12.1 Å². The molecule has 19 heavy (non-hydrogen) atoms. The molecular formula is C14H17NO4. The molecule has 0 radical (unpaired) electrons. The molecule has 2 N–H and O–H groups in total. The Balaban J connectivity index is 1.91. The Hall–Kier alpha value is -1.88. The average Bonchev–Trinajstić information content (AvgIpc) is 2.84. The Bertz CT molecular complexity index is 475. The van der Waals surface area contributed by atoms with E-state index in [1.807, 2.05) is 0 Å². The van der Waals surface area contributed by atoms with Gasteiger partial charge in [0.25, 0.3) is 5.91 Å². The van der Waals surface area contributed by atoms with Gasteiger partial charge in [0.15, 0.2) is 0 Å². The van der Waals surface area contributed by atoms with Crippen molar-refractivity contribution in [3.05, 3.63) is 35.4 Å². The minimum absolute atomic E-state index is 0.118. The lowest BCUT2D eigenvalue weighted by molar-refractivity contribution is -0.139. The van der Waals surface area contributed by atoms with Crippen LogP contribution in [0.2, 0.25) is 0 Å². The maximum atomic E-state index is 12.0. The molecular weight excluding hydrogens is 246 g/mol. The van der Waals surface area contributed by atoms with Gasteiger partial charge in [0.2, 0.25) is 0 Å². The second-order valence-corrected chi connectivity index (χ2v) is 4.87. The molecule has 0 spiro atoms. The van der Waals surface area contributed by atoms with Crippen molar-refractivity contribution >= 4 is 11.9 Å². The third-order valence-corrected chi connectivity index (χ3v) is 3.35. The van der Waals surface area contributed by atoms with Gasteiger partial charge in [-0.05, 0) is 37.5 Å². The van der Waals surface area contributed by atoms with Crippen LogP contribution in [0, 0.1) is 0 Å². The molecule has 1 aliphatic rings. The van der Waals surface area contributed by atoms with E-state index in [9.17, 15) is 9.59 Å². The van der Waals surface area contributed by atoms with E-state index in [-0.39, 0.29) is 11.5 Å². The molecule has 1 fully saturated rings. The molecule has 0 saturated carbocycles. The number of hydrogen-bond donors (Lipinski definition) is 2. The predicted octanol–water partition coefficient (Wildman–Crippen LogP) is 1.57. The summed E-state index contributed by atoms with van der Waals surface area (Å²) in [5.41, 5.74) is 0.377. The molecule has 1 atom stereocenters. The first-order chi connectivity index (χ1) is 9.01. The summed E-state index contributed by atoms with van der Waals surface area (Å²) in [6.45, 7) is 2.79. The van der Waals surface area contributed by atoms with Gasteiger partial charge in [-0.25, -0.2) is 4.79 Å². The summed E-state index contributed by atoms with van der Waals surface area (Å²) in [6.07, 6.45) is 1.63. The maximum absolute atomic E-state index is 12.0. The van der Waals surface area contributed by atoms with Crippen LogP contribution >= 0.6 is 0 Å². The normalized spacial score (nSPS) is 22.2. The fourth-order valence-corrected chi connectivity index (χ4v) is 2.09. The molecule has 5 nitrogen and oxygen atoms in total. The number of aromatic carboxylic acids is 1. The first-order valence-electron chi connectivity index (χ1n) is 6.26. The third-order valence-electron chi connectivity index (χ3n) is 3.35. The lowest BCUT2D eigenvalue weighted by atomic mass is 10.0. The van der Waals surface area contributed by atoms with Crippen molar-refractivity contribution in [1.29, 1.82) is 0 Å². The quantitative estimate of drug-likeness (QED) is 0.864. The van der Waals surface area contributed by atoms with Crippen LogP contribution in [-0.2, 0) is 16.1 Å². The minimum atomic E-state index is -0.956. The summed E-state index contributed by atoms with van der Waals surface area (Å²) in [4.78, 5) is 22.7. The van der Waals surface area contributed by atoms with Gasteiger partial charge >= 0.3 is 5.97 Å². The SMILES string of the molecule is C[C@]1(C(=O)NCc2ccc(C(=O)O)cc2)CCCO1. The number of carbonyl (C=O) groups is 2. The highest BCUT2D eigenvalue weighted by Crippen LogP contribution is 2.25. The zero-order chi connectivity index (χ0) is 13.9. The standard InChI is InChI=1S/C14H17NO4/c1-14(7-2-8-19-14)13(18)15-9-10-3-5-11(6-4-10)12(16)17/h3-6H,2,7-9H2,1H3,(H,15,18)(H,16,17)/t14-/m1/s1. The lowest BCUT2D eigenvalue weighted by Crippen LogP contribution is -2.43. The van der Waals surface area contributed by atoms with Crippen molar-refractivity contribution in [2.45, 2.75) is 31.9 Å². The Morgan fingerprint density at radius 3 is 2.58 bits per heavy atom. The minimum Gasteiger partial charge on any atom is -0.478 e. The Morgan fingerprint density at radius 1 is 1.37 bits per heavy atom. The van der Waals surface area contributed by atoms with Gasteiger partial charge in [0.1, 0.15) is 5.60 Å². The number of benzene rings is 1. The molecule has 1 aromatic carbocycles. The molecule has 1 aliphatic heterocycles. The number of amides is 1. The van der Waals surface area contributed by atoms with E-state index in [0.717, 1.165) is 18.4 Å². The highest BCUT2D eigenvalue weighted by atomic mass is 16.5. The van der Waals surface area contributed by atoms with Crippen molar-refractivity contribution in [1.82, 2.24) is 5.32 Å². The van der Waals surface area contributed by atoms with Crippen LogP contribution in [0.25, 0.3) is 0 Å². The van der Waals surface area contributed by atoms with Gasteiger partial charge in [-0.15, -0.1) is 0 Å². The van der Waals surface area contributed by atoms with Crippen molar-refractivity contribution in [2.75, 3.05) is 6.61 Å². The van der Waals surface area contributed by atoms with Gasteiger partial charge in [0.05, 0.1) is 5.56 Å².